The molecule has 1 N–H and O–H groups in total. The van der Waals surface area contributed by atoms with Crippen LogP contribution in [0.5, 0.6) is 11.5 Å². The molecule has 0 aliphatic heterocycles. The molecule has 100 valence electrons. The maximum Gasteiger partial charge on any atom is 0.296 e. The van der Waals surface area contributed by atoms with Crippen LogP contribution in [0.15, 0.2) is 36.5 Å². The van der Waals surface area contributed by atoms with Crippen molar-refractivity contribution in [2.45, 2.75) is 0 Å². The van der Waals surface area contributed by atoms with Gasteiger partial charge in [0.05, 0.1) is 11.0 Å². The predicted octanol–water partition coefficient (Wildman–Crippen LogP) is 2.70. The van der Waals surface area contributed by atoms with Crippen molar-refractivity contribution in [3.63, 3.8) is 0 Å². The molecule has 0 radical (unpaired) electrons. The Balaban J connectivity index is 2.37. The maximum atomic E-state index is 11.0. The molecule has 2 aromatic rings. The summed E-state index contributed by atoms with van der Waals surface area (Å²) >= 11 is 0. The molecule has 0 aliphatic carbocycles. The highest BCUT2D eigenvalue weighted by atomic mass is 16.6. The zero-order valence-corrected chi connectivity index (χ0v) is 10.5. The molecule has 0 bridgehead atoms. The minimum atomic E-state index is -0.507. The largest absolute Gasteiger partial charge is 0.454 e. The Hall–Kier alpha value is -3.14. The highest BCUT2D eigenvalue weighted by Crippen LogP contribution is 2.31. The molecule has 0 atom stereocenters. The van der Waals surface area contributed by atoms with Gasteiger partial charge in [0.25, 0.3) is 5.69 Å². The number of aromatic nitrogens is 1. The van der Waals surface area contributed by atoms with Crippen LogP contribution >= 0.6 is 0 Å². The summed E-state index contributed by atoms with van der Waals surface area (Å²) in [5.41, 5.74) is 0.397. The van der Waals surface area contributed by atoms with Crippen molar-refractivity contribution < 1.29 is 9.66 Å². The van der Waals surface area contributed by atoms with E-state index in [9.17, 15) is 10.1 Å². The molecule has 1 aromatic heterocycles. The average molecular weight is 270 g/mol. The van der Waals surface area contributed by atoms with Crippen LogP contribution in [0.4, 0.5) is 11.4 Å². The van der Waals surface area contributed by atoms with Crippen LogP contribution in [0.1, 0.15) is 5.69 Å². The molecule has 2 rings (SSSR count). The molecular weight excluding hydrogens is 260 g/mol. The first-order valence-corrected chi connectivity index (χ1v) is 5.65. The lowest BCUT2D eigenvalue weighted by atomic mass is 10.2. The molecule has 0 saturated carbocycles. The van der Waals surface area contributed by atoms with Crippen molar-refractivity contribution in [3.05, 3.63) is 52.3 Å². The summed E-state index contributed by atoms with van der Waals surface area (Å²) in [6.45, 7) is 0. The third-order valence-electron chi connectivity index (χ3n) is 2.54. The van der Waals surface area contributed by atoms with Gasteiger partial charge in [-0.2, -0.15) is 5.26 Å². The SMILES string of the molecule is CNc1ccc(Oc2cccnc2C#N)cc1[N+](=O)[O-]. The molecule has 0 aliphatic rings. The Morgan fingerprint density at radius 3 is 2.90 bits per heavy atom. The molecule has 7 heteroatoms. The number of ether oxygens (including phenoxy) is 1. The predicted molar refractivity (Wildman–Crippen MR) is 71.7 cm³/mol. The van der Waals surface area contributed by atoms with E-state index in [4.69, 9.17) is 10.00 Å². The lowest BCUT2D eigenvalue weighted by Gasteiger charge is -2.08. The summed E-state index contributed by atoms with van der Waals surface area (Å²) in [6.07, 6.45) is 1.47. The highest BCUT2D eigenvalue weighted by Gasteiger charge is 2.15. The van der Waals surface area contributed by atoms with Gasteiger partial charge in [-0.05, 0) is 24.3 Å². The first kappa shape index (κ1) is 13.3. The molecule has 0 amide bonds. The Kier molecular flexibility index (Phi) is 3.77. The first-order chi connectivity index (χ1) is 9.65. The van der Waals surface area contributed by atoms with Gasteiger partial charge in [-0.25, -0.2) is 4.98 Å². The number of anilines is 1. The smallest absolute Gasteiger partial charge is 0.296 e. The van der Waals surface area contributed by atoms with E-state index in [0.717, 1.165) is 0 Å². The van der Waals surface area contributed by atoms with Crippen molar-refractivity contribution in [2.75, 3.05) is 12.4 Å². The minimum Gasteiger partial charge on any atom is -0.454 e. The van der Waals surface area contributed by atoms with Crippen LogP contribution in [-0.4, -0.2) is 17.0 Å². The van der Waals surface area contributed by atoms with Crippen molar-refractivity contribution in [1.82, 2.24) is 4.98 Å². The fourth-order valence-electron chi connectivity index (χ4n) is 1.62. The highest BCUT2D eigenvalue weighted by molar-refractivity contribution is 5.63. The van der Waals surface area contributed by atoms with Crippen LogP contribution in [0.25, 0.3) is 0 Å². The number of hydrogen-bond acceptors (Lipinski definition) is 6. The quantitative estimate of drug-likeness (QED) is 0.677. The van der Waals surface area contributed by atoms with Crippen molar-refractivity contribution in [2.24, 2.45) is 0 Å². The van der Waals surface area contributed by atoms with Gasteiger partial charge in [0.2, 0.25) is 0 Å². The molecule has 0 unspecified atom stereocenters. The normalized spacial score (nSPS) is 9.60. The van der Waals surface area contributed by atoms with Crippen LogP contribution in [0.3, 0.4) is 0 Å². The zero-order chi connectivity index (χ0) is 14.5. The summed E-state index contributed by atoms with van der Waals surface area (Å²) in [7, 11) is 1.60. The zero-order valence-electron chi connectivity index (χ0n) is 10.5. The van der Waals surface area contributed by atoms with Gasteiger partial charge in [0, 0.05) is 13.2 Å². The minimum absolute atomic E-state index is 0.104. The fourth-order valence-corrected chi connectivity index (χ4v) is 1.62. The average Bonchev–Trinajstić information content (AvgIpc) is 2.47. The van der Waals surface area contributed by atoms with Gasteiger partial charge in [0.1, 0.15) is 17.5 Å². The van der Waals surface area contributed by atoms with Gasteiger partial charge >= 0.3 is 0 Å². The van der Waals surface area contributed by atoms with E-state index < -0.39 is 4.92 Å². The number of nitrogens with zero attached hydrogens (tertiary/aromatic N) is 3. The van der Waals surface area contributed by atoms with E-state index in [1.165, 1.54) is 18.3 Å². The van der Waals surface area contributed by atoms with E-state index in [-0.39, 0.29) is 22.9 Å². The number of nitriles is 1. The fraction of sp³-hybridized carbons (Fsp3) is 0.0769. The van der Waals surface area contributed by atoms with Gasteiger partial charge in [0.15, 0.2) is 11.4 Å². The van der Waals surface area contributed by atoms with E-state index >= 15 is 0 Å². The molecular formula is C13H10N4O3. The van der Waals surface area contributed by atoms with E-state index in [2.05, 4.69) is 10.3 Å². The van der Waals surface area contributed by atoms with E-state index in [1.54, 1.807) is 25.2 Å². The topological polar surface area (TPSA) is 101 Å². The van der Waals surface area contributed by atoms with E-state index in [1.807, 2.05) is 6.07 Å². The number of pyridine rings is 1. The lowest BCUT2D eigenvalue weighted by Crippen LogP contribution is -1.97. The number of nitro benzene ring substituents is 1. The van der Waals surface area contributed by atoms with Crippen molar-refractivity contribution in [3.8, 4) is 17.6 Å². The second kappa shape index (κ2) is 5.67. The van der Waals surface area contributed by atoms with Crippen LogP contribution in [0.2, 0.25) is 0 Å². The Labute approximate surface area is 114 Å². The third kappa shape index (κ3) is 2.64. The van der Waals surface area contributed by atoms with Crippen LogP contribution in [-0.2, 0) is 0 Å². The summed E-state index contributed by atoms with van der Waals surface area (Å²) in [6, 6.07) is 9.49. The third-order valence-corrected chi connectivity index (χ3v) is 2.54. The summed E-state index contributed by atoms with van der Waals surface area (Å²) in [5, 5.41) is 22.6. The number of benzene rings is 1. The summed E-state index contributed by atoms with van der Waals surface area (Å²) in [5.74, 6) is 0.515. The number of rotatable bonds is 4. The number of nitro groups is 1. The first-order valence-electron chi connectivity index (χ1n) is 5.65. The van der Waals surface area contributed by atoms with Crippen LogP contribution < -0.4 is 10.1 Å². The van der Waals surface area contributed by atoms with Crippen molar-refractivity contribution >= 4 is 11.4 Å². The van der Waals surface area contributed by atoms with Crippen molar-refractivity contribution in [1.29, 1.82) is 5.26 Å². The molecule has 0 spiro atoms. The van der Waals surface area contributed by atoms with Gasteiger partial charge in [-0.1, -0.05) is 0 Å². The molecule has 20 heavy (non-hydrogen) atoms. The molecule has 1 heterocycles. The van der Waals surface area contributed by atoms with Crippen LogP contribution in [0, 0.1) is 21.4 Å². The van der Waals surface area contributed by atoms with Gasteiger partial charge < -0.3 is 10.1 Å². The number of nitrogens with one attached hydrogen (secondary N) is 1. The number of hydrogen-bond donors (Lipinski definition) is 1. The van der Waals surface area contributed by atoms with Gasteiger partial charge in [-0.15, -0.1) is 0 Å². The summed E-state index contributed by atoms with van der Waals surface area (Å²) < 4.78 is 5.47. The second-order valence-corrected chi connectivity index (χ2v) is 3.75. The summed E-state index contributed by atoms with van der Waals surface area (Å²) in [4.78, 5) is 14.3. The maximum absolute atomic E-state index is 11.0. The lowest BCUT2D eigenvalue weighted by molar-refractivity contribution is -0.384. The Bertz CT molecular complexity index is 694. The van der Waals surface area contributed by atoms with E-state index in [0.29, 0.717) is 5.69 Å². The standard InChI is InChI=1S/C13H10N4O3/c1-15-10-5-4-9(7-12(10)17(18)19)20-13-3-2-6-16-11(13)8-14/h2-7,15H,1H3. The molecule has 7 nitrogen and oxygen atoms in total. The Morgan fingerprint density at radius 2 is 2.25 bits per heavy atom. The second-order valence-electron chi connectivity index (χ2n) is 3.75. The Morgan fingerprint density at radius 1 is 1.45 bits per heavy atom. The monoisotopic (exact) mass is 270 g/mol. The van der Waals surface area contributed by atoms with Gasteiger partial charge in [-0.3, -0.25) is 10.1 Å². The molecule has 0 fully saturated rings. The molecule has 0 saturated heterocycles. The molecule has 1 aromatic carbocycles.